The highest BCUT2D eigenvalue weighted by molar-refractivity contribution is 6.30. The molecule has 1 unspecified atom stereocenters. The zero-order valence-corrected chi connectivity index (χ0v) is 11.8. The maximum Gasteiger partial charge on any atom is 0.157 e. The molecule has 104 valence electrons. The van der Waals surface area contributed by atoms with Gasteiger partial charge in [-0.05, 0) is 48.9 Å². The van der Waals surface area contributed by atoms with Crippen molar-refractivity contribution < 1.29 is 9.47 Å². The Morgan fingerprint density at radius 3 is 2.84 bits per heavy atom. The molecule has 1 aliphatic carbocycles. The minimum absolute atomic E-state index is 0.0419. The zero-order chi connectivity index (χ0) is 13.3. The van der Waals surface area contributed by atoms with Gasteiger partial charge in [-0.15, -0.1) is 0 Å². The molecule has 1 atom stereocenters. The average molecular weight is 282 g/mol. The van der Waals surface area contributed by atoms with Gasteiger partial charge in [0, 0.05) is 17.0 Å². The second-order valence-electron chi connectivity index (χ2n) is 5.50. The maximum absolute atomic E-state index is 6.09. The fraction of sp³-hybridized carbons (Fsp3) is 0.600. The molecular weight excluding hydrogens is 262 g/mol. The van der Waals surface area contributed by atoms with Gasteiger partial charge in [0.2, 0.25) is 0 Å². The van der Waals surface area contributed by atoms with Crippen molar-refractivity contribution >= 4 is 11.6 Å². The van der Waals surface area contributed by atoms with E-state index < -0.39 is 0 Å². The van der Waals surface area contributed by atoms with Crippen molar-refractivity contribution in [2.24, 2.45) is 5.73 Å². The Balaban J connectivity index is 1.77. The van der Waals surface area contributed by atoms with E-state index in [0.29, 0.717) is 19.8 Å². The molecule has 1 aliphatic heterocycles. The molecule has 1 saturated heterocycles. The van der Waals surface area contributed by atoms with Crippen LogP contribution in [0.1, 0.15) is 30.4 Å². The summed E-state index contributed by atoms with van der Waals surface area (Å²) in [6.07, 6.45) is 4.06. The number of aryl methyl sites for hydroxylation is 1. The van der Waals surface area contributed by atoms with Crippen LogP contribution < -0.4 is 5.73 Å². The topological polar surface area (TPSA) is 44.5 Å². The van der Waals surface area contributed by atoms with Crippen LogP contribution in [0.2, 0.25) is 5.02 Å². The van der Waals surface area contributed by atoms with E-state index in [1.807, 2.05) is 6.07 Å². The van der Waals surface area contributed by atoms with Gasteiger partial charge in [0.05, 0.1) is 13.2 Å². The molecule has 1 aromatic rings. The van der Waals surface area contributed by atoms with Crippen LogP contribution in [0.3, 0.4) is 0 Å². The molecule has 2 N–H and O–H groups in total. The molecule has 19 heavy (non-hydrogen) atoms. The minimum atomic E-state index is -0.0419. The lowest BCUT2D eigenvalue weighted by atomic mass is 9.78. The fourth-order valence-electron chi connectivity index (χ4n) is 3.34. The van der Waals surface area contributed by atoms with Crippen molar-refractivity contribution in [2.45, 2.75) is 37.4 Å². The fourth-order valence-corrected chi connectivity index (χ4v) is 3.53. The molecule has 3 nitrogen and oxygen atoms in total. The molecule has 4 heteroatoms. The van der Waals surface area contributed by atoms with E-state index in [1.165, 1.54) is 11.1 Å². The quantitative estimate of drug-likeness (QED) is 0.923. The van der Waals surface area contributed by atoms with Crippen molar-refractivity contribution in [2.75, 3.05) is 19.8 Å². The summed E-state index contributed by atoms with van der Waals surface area (Å²) < 4.78 is 11.1. The van der Waals surface area contributed by atoms with Gasteiger partial charge in [-0.1, -0.05) is 17.7 Å². The molecular formula is C15H20ClNO2. The highest BCUT2D eigenvalue weighted by atomic mass is 35.5. The van der Waals surface area contributed by atoms with Gasteiger partial charge >= 0.3 is 0 Å². The first-order chi connectivity index (χ1) is 9.23. The lowest BCUT2D eigenvalue weighted by Gasteiger charge is -2.30. The Morgan fingerprint density at radius 1 is 1.32 bits per heavy atom. The summed E-state index contributed by atoms with van der Waals surface area (Å²) in [5.41, 5.74) is 8.90. The summed E-state index contributed by atoms with van der Waals surface area (Å²) in [5, 5.41) is 0.814. The predicted molar refractivity (Wildman–Crippen MR) is 75.4 cm³/mol. The summed E-state index contributed by atoms with van der Waals surface area (Å²) in [4.78, 5) is 0. The molecule has 1 heterocycles. The standard InChI is InChI=1S/C15H20ClNO2/c16-12-1-2-13-11(9-12)3-5-15(13,10-17)6-4-14-18-7-8-19-14/h1-2,9,14H,3-8,10,17H2. The van der Waals surface area contributed by atoms with Crippen molar-refractivity contribution in [3.05, 3.63) is 34.3 Å². The number of halogens is 1. The zero-order valence-electron chi connectivity index (χ0n) is 11.0. The third-order valence-corrected chi connectivity index (χ3v) is 4.69. The molecule has 1 aromatic carbocycles. The van der Waals surface area contributed by atoms with Gasteiger partial charge < -0.3 is 15.2 Å². The Labute approximate surface area is 119 Å². The number of nitrogens with two attached hydrogens (primary N) is 1. The Morgan fingerprint density at radius 2 is 2.11 bits per heavy atom. The second kappa shape index (κ2) is 5.41. The summed E-state index contributed by atoms with van der Waals surface area (Å²) in [6.45, 7) is 2.10. The van der Waals surface area contributed by atoms with Crippen molar-refractivity contribution in [1.82, 2.24) is 0 Å². The smallest absolute Gasteiger partial charge is 0.157 e. The highest BCUT2D eigenvalue weighted by Gasteiger charge is 2.38. The van der Waals surface area contributed by atoms with E-state index in [-0.39, 0.29) is 11.7 Å². The van der Waals surface area contributed by atoms with Crippen LogP contribution in [0, 0.1) is 0 Å². The second-order valence-corrected chi connectivity index (χ2v) is 5.93. The van der Waals surface area contributed by atoms with Gasteiger partial charge in [0.25, 0.3) is 0 Å². The lowest BCUT2D eigenvalue weighted by molar-refractivity contribution is -0.0511. The number of hydrogen-bond acceptors (Lipinski definition) is 3. The summed E-state index contributed by atoms with van der Waals surface area (Å²) >= 11 is 6.07. The first-order valence-electron chi connectivity index (χ1n) is 6.96. The molecule has 0 saturated carbocycles. The average Bonchev–Trinajstić information content (AvgIpc) is 3.04. The van der Waals surface area contributed by atoms with Crippen LogP contribution in [0.5, 0.6) is 0 Å². The van der Waals surface area contributed by atoms with Gasteiger partial charge in [0.15, 0.2) is 6.29 Å². The number of hydrogen-bond donors (Lipinski definition) is 1. The van der Waals surface area contributed by atoms with Gasteiger partial charge in [0.1, 0.15) is 0 Å². The van der Waals surface area contributed by atoms with Gasteiger partial charge in [-0.2, -0.15) is 0 Å². The maximum atomic E-state index is 6.09. The predicted octanol–water partition coefficient (Wildman–Crippen LogP) is 2.64. The van der Waals surface area contributed by atoms with Crippen molar-refractivity contribution in [3.8, 4) is 0 Å². The molecule has 1 fully saturated rings. The third kappa shape index (κ3) is 2.52. The first kappa shape index (κ1) is 13.4. The van der Waals surface area contributed by atoms with Crippen molar-refractivity contribution in [1.29, 1.82) is 0 Å². The third-order valence-electron chi connectivity index (χ3n) is 4.45. The summed E-state index contributed by atoms with van der Waals surface area (Å²) in [7, 11) is 0. The molecule has 0 spiro atoms. The Kier molecular flexibility index (Phi) is 3.81. The molecule has 0 aromatic heterocycles. The number of fused-ring (bicyclic) bond motifs is 1. The van der Waals surface area contributed by atoms with Crippen LogP contribution in [0.25, 0.3) is 0 Å². The van der Waals surface area contributed by atoms with Crippen LogP contribution in [-0.2, 0) is 21.3 Å². The molecule has 0 amide bonds. The van der Waals surface area contributed by atoms with E-state index in [9.17, 15) is 0 Å². The number of benzene rings is 1. The van der Waals surface area contributed by atoms with E-state index in [4.69, 9.17) is 26.8 Å². The Bertz CT molecular complexity index is 459. The minimum Gasteiger partial charge on any atom is -0.350 e. The monoisotopic (exact) mass is 281 g/mol. The van der Waals surface area contributed by atoms with Gasteiger partial charge in [-0.3, -0.25) is 0 Å². The van der Waals surface area contributed by atoms with E-state index in [1.54, 1.807) is 0 Å². The SMILES string of the molecule is NCC1(CCC2OCCO2)CCc2cc(Cl)ccc21. The van der Waals surface area contributed by atoms with Gasteiger partial charge in [-0.25, -0.2) is 0 Å². The molecule has 3 rings (SSSR count). The van der Waals surface area contributed by atoms with Crippen LogP contribution in [0.15, 0.2) is 18.2 Å². The summed E-state index contributed by atoms with van der Waals surface area (Å²) in [6, 6.07) is 6.20. The number of ether oxygens (including phenoxy) is 2. The van der Waals surface area contributed by atoms with E-state index >= 15 is 0 Å². The first-order valence-corrected chi connectivity index (χ1v) is 7.33. The lowest BCUT2D eigenvalue weighted by Crippen LogP contribution is -2.34. The largest absolute Gasteiger partial charge is 0.350 e. The van der Waals surface area contributed by atoms with Crippen LogP contribution in [0.4, 0.5) is 0 Å². The van der Waals surface area contributed by atoms with Crippen LogP contribution >= 0.6 is 11.6 Å². The van der Waals surface area contributed by atoms with Crippen LogP contribution in [-0.4, -0.2) is 26.0 Å². The molecule has 0 bridgehead atoms. The number of rotatable bonds is 4. The molecule has 2 aliphatic rings. The highest BCUT2D eigenvalue weighted by Crippen LogP contribution is 2.43. The normalized spacial score (nSPS) is 26.8. The summed E-state index contributed by atoms with van der Waals surface area (Å²) in [5.74, 6) is 0. The van der Waals surface area contributed by atoms with E-state index in [0.717, 1.165) is 30.7 Å². The Hall–Kier alpha value is -0.610. The van der Waals surface area contributed by atoms with Crippen molar-refractivity contribution in [3.63, 3.8) is 0 Å². The van der Waals surface area contributed by atoms with E-state index in [2.05, 4.69) is 12.1 Å². The molecule has 0 radical (unpaired) electrons.